The van der Waals surface area contributed by atoms with Crippen molar-refractivity contribution in [3.05, 3.63) is 69.7 Å². The van der Waals surface area contributed by atoms with Gasteiger partial charge in [0.2, 0.25) is 5.91 Å². The first kappa shape index (κ1) is 18.5. The number of rotatable bonds is 6. The molecule has 146 valence electrons. The summed E-state index contributed by atoms with van der Waals surface area (Å²) in [5, 5.41) is 3.09. The Bertz CT molecular complexity index is 1050. The van der Waals surface area contributed by atoms with Gasteiger partial charge in [-0.2, -0.15) is 0 Å². The highest BCUT2D eigenvalue weighted by Gasteiger charge is 2.14. The highest BCUT2D eigenvalue weighted by atomic mass is 16.4. The van der Waals surface area contributed by atoms with Crippen LogP contribution < -0.4 is 11.1 Å². The smallest absolute Gasteiger partial charge is 0.408 e. The van der Waals surface area contributed by atoms with Gasteiger partial charge in [-0.05, 0) is 67.9 Å². The van der Waals surface area contributed by atoms with Gasteiger partial charge < -0.3 is 9.73 Å². The Kier molecular flexibility index (Phi) is 5.33. The summed E-state index contributed by atoms with van der Waals surface area (Å²) in [5.41, 5.74) is 5.39. The van der Waals surface area contributed by atoms with Gasteiger partial charge >= 0.3 is 5.76 Å². The van der Waals surface area contributed by atoms with E-state index in [0.29, 0.717) is 25.0 Å². The van der Waals surface area contributed by atoms with Gasteiger partial charge in [-0.15, -0.1) is 0 Å². The van der Waals surface area contributed by atoms with Gasteiger partial charge in [-0.1, -0.05) is 30.3 Å². The van der Waals surface area contributed by atoms with Crippen LogP contribution in [-0.2, 0) is 24.2 Å². The Morgan fingerprint density at radius 1 is 1.14 bits per heavy atom. The molecule has 1 N–H and O–H groups in total. The zero-order valence-electron chi connectivity index (χ0n) is 16.2. The fraction of sp³-hybridized carbons (Fsp3) is 0.391. The number of carbonyl (C=O) groups excluding carboxylic acids is 1. The monoisotopic (exact) mass is 378 g/mol. The second-order valence-corrected chi connectivity index (χ2v) is 7.62. The molecule has 0 aliphatic heterocycles. The van der Waals surface area contributed by atoms with Crippen LogP contribution in [0.2, 0.25) is 0 Å². The van der Waals surface area contributed by atoms with Gasteiger partial charge in [0.1, 0.15) is 0 Å². The number of nitrogens with one attached hydrogen (secondary N) is 1. The van der Waals surface area contributed by atoms with Gasteiger partial charge in [0.25, 0.3) is 0 Å². The predicted molar refractivity (Wildman–Crippen MR) is 109 cm³/mol. The van der Waals surface area contributed by atoms with Crippen LogP contribution in [0, 0.1) is 0 Å². The van der Waals surface area contributed by atoms with E-state index in [9.17, 15) is 9.59 Å². The number of fused-ring (bicyclic) bond motifs is 2. The lowest BCUT2D eigenvalue weighted by Gasteiger charge is -2.20. The number of carbonyl (C=O) groups is 1. The molecule has 1 aliphatic carbocycles. The molecule has 5 heteroatoms. The second-order valence-electron chi connectivity index (χ2n) is 7.62. The number of aryl methyl sites for hydroxylation is 3. The fourth-order valence-electron chi connectivity index (χ4n) is 4.04. The highest BCUT2D eigenvalue weighted by Crippen LogP contribution is 2.24. The van der Waals surface area contributed by atoms with E-state index >= 15 is 0 Å². The van der Waals surface area contributed by atoms with Crippen molar-refractivity contribution in [3.63, 3.8) is 0 Å². The van der Waals surface area contributed by atoms with Gasteiger partial charge in [0.15, 0.2) is 5.58 Å². The largest absolute Gasteiger partial charge is 0.419 e. The van der Waals surface area contributed by atoms with E-state index in [4.69, 9.17) is 4.42 Å². The molecule has 1 aromatic heterocycles. The van der Waals surface area contributed by atoms with Crippen molar-refractivity contribution < 1.29 is 9.21 Å². The molecule has 0 saturated carbocycles. The van der Waals surface area contributed by atoms with Crippen LogP contribution in [0.15, 0.2) is 51.7 Å². The third-order valence-corrected chi connectivity index (χ3v) is 5.61. The average molecular weight is 378 g/mol. The van der Waals surface area contributed by atoms with Crippen LogP contribution in [0.25, 0.3) is 11.1 Å². The van der Waals surface area contributed by atoms with Crippen molar-refractivity contribution in [1.29, 1.82) is 0 Å². The number of nitrogens with zero attached hydrogens (tertiary/aromatic N) is 1. The van der Waals surface area contributed by atoms with Gasteiger partial charge in [-0.3, -0.25) is 9.36 Å². The van der Waals surface area contributed by atoms with Crippen molar-refractivity contribution in [3.8, 4) is 0 Å². The summed E-state index contributed by atoms with van der Waals surface area (Å²) in [5.74, 6) is -0.366. The zero-order valence-corrected chi connectivity index (χ0v) is 16.2. The first-order valence-corrected chi connectivity index (χ1v) is 10.1. The van der Waals surface area contributed by atoms with E-state index in [-0.39, 0.29) is 17.7 Å². The third-order valence-electron chi connectivity index (χ3n) is 5.61. The van der Waals surface area contributed by atoms with Gasteiger partial charge in [0.05, 0.1) is 11.6 Å². The molecule has 1 heterocycles. The molecule has 0 saturated heterocycles. The Hall–Kier alpha value is -2.82. The summed E-state index contributed by atoms with van der Waals surface area (Å²) in [7, 11) is 0. The molecule has 0 radical (unpaired) electrons. The number of benzene rings is 2. The predicted octanol–water partition coefficient (Wildman–Crippen LogP) is 4.13. The lowest BCUT2D eigenvalue weighted by Crippen LogP contribution is -2.27. The normalized spacial score (nSPS) is 14.6. The van der Waals surface area contributed by atoms with E-state index in [1.807, 2.05) is 25.1 Å². The van der Waals surface area contributed by atoms with Crippen LogP contribution in [0.1, 0.15) is 55.3 Å². The molecular formula is C23H26N2O3. The lowest BCUT2D eigenvalue weighted by atomic mass is 9.89. The van der Waals surface area contributed by atoms with Crippen LogP contribution in [0.4, 0.5) is 0 Å². The molecule has 3 aromatic rings. The van der Waals surface area contributed by atoms with Crippen molar-refractivity contribution in [2.45, 2.75) is 58.0 Å². The number of aromatic nitrogens is 1. The molecule has 2 aromatic carbocycles. The van der Waals surface area contributed by atoms with Crippen molar-refractivity contribution in [2.75, 3.05) is 0 Å². The Balaban J connectivity index is 1.33. The molecule has 1 aliphatic rings. The maximum Gasteiger partial charge on any atom is 0.419 e. The summed E-state index contributed by atoms with van der Waals surface area (Å²) in [6.07, 6.45) is 5.79. The first-order chi connectivity index (χ1) is 13.6. The minimum Gasteiger partial charge on any atom is -0.408 e. The number of hydrogen-bond acceptors (Lipinski definition) is 3. The molecule has 1 atom stereocenters. The van der Waals surface area contributed by atoms with E-state index in [0.717, 1.165) is 17.5 Å². The quantitative estimate of drug-likeness (QED) is 0.701. The summed E-state index contributed by atoms with van der Waals surface area (Å²) in [4.78, 5) is 24.4. The molecule has 5 nitrogen and oxygen atoms in total. The van der Waals surface area contributed by atoms with E-state index < -0.39 is 0 Å². The van der Waals surface area contributed by atoms with Crippen LogP contribution in [0.3, 0.4) is 0 Å². The van der Waals surface area contributed by atoms with Crippen molar-refractivity contribution in [2.24, 2.45) is 0 Å². The first-order valence-electron chi connectivity index (χ1n) is 10.1. The molecule has 28 heavy (non-hydrogen) atoms. The molecular weight excluding hydrogens is 352 g/mol. The van der Waals surface area contributed by atoms with Crippen LogP contribution >= 0.6 is 0 Å². The standard InChI is InChI=1S/C23H26N2O3/c1-16(18-13-12-17-7-2-3-8-19(17)15-18)24-22(26)11-6-14-25-20-9-4-5-10-21(20)28-23(25)27/h4-5,9-10,12-13,15-16H,2-3,6-8,11,14H2,1H3,(H,24,26)/t16-/m1/s1. The summed E-state index contributed by atoms with van der Waals surface area (Å²) >= 11 is 0. The topological polar surface area (TPSA) is 64.2 Å². The number of para-hydroxylation sites is 2. The molecule has 0 unspecified atom stereocenters. The Morgan fingerprint density at radius 3 is 2.79 bits per heavy atom. The summed E-state index contributed by atoms with van der Waals surface area (Å²) in [6.45, 7) is 2.49. The number of amides is 1. The van der Waals surface area contributed by atoms with Crippen molar-refractivity contribution >= 4 is 17.0 Å². The van der Waals surface area contributed by atoms with E-state index in [1.165, 1.54) is 30.4 Å². The Labute approximate surface area is 164 Å². The fourth-order valence-corrected chi connectivity index (χ4v) is 4.04. The van der Waals surface area contributed by atoms with E-state index in [2.05, 4.69) is 23.5 Å². The molecule has 4 rings (SSSR count). The Morgan fingerprint density at radius 2 is 1.93 bits per heavy atom. The maximum atomic E-state index is 12.4. The molecule has 0 fully saturated rings. The average Bonchev–Trinajstić information content (AvgIpc) is 3.03. The van der Waals surface area contributed by atoms with Crippen LogP contribution in [-0.4, -0.2) is 10.5 Å². The lowest BCUT2D eigenvalue weighted by molar-refractivity contribution is -0.121. The molecule has 1 amide bonds. The summed E-state index contributed by atoms with van der Waals surface area (Å²) in [6, 6.07) is 13.9. The maximum absolute atomic E-state index is 12.4. The van der Waals surface area contributed by atoms with Crippen LogP contribution in [0.5, 0.6) is 0 Å². The minimum atomic E-state index is -0.371. The second kappa shape index (κ2) is 8.05. The van der Waals surface area contributed by atoms with E-state index in [1.54, 1.807) is 10.6 Å². The minimum absolute atomic E-state index is 0.00562. The third kappa shape index (κ3) is 3.88. The van der Waals surface area contributed by atoms with Crippen molar-refractivity contribution in [1.82, 2.24) is 9.88 Å². The summed E-state index contributed by atoms with van der Waals surface area (Å²) < 4.78 is 6.82. The SMILES string of the molecule is C[C@@H](NC(=O)CCCn1c(=O)oc2ccccc21)c1ccc2c(c1)CCCC2. The number of oxazole rings is 1. The van der Waals surface area contributed by atoms with Gasteiger partial charge in [0, 0.05) is 13.0 Å². The highest BCUT2D eigenvalue weighted by molar-refractivity contribution is 5.76. The number of hydrogen-bond donors (Lipinski definition) is 1. The molecule has 0 spiro atoms. The zero-order chi connectivity index (χ0) is 19.5. The molecule has 0 bridgehead atoms. The van der Waals surface area contributed by atoms with Gasteiger partial charge in [-0.25, -0.2) is 4.79 Å².